The van der Waals surface area contributed by atoms with Crippen molar-refractivity contribution in [2.75, 3.05) is 11.9 Å². The van der Waals surface area contributed by atoms with Crippen LogP contribution < -0.4 is 10.6 Å². The molecule has 0 spiro atoms. The van der Waals surface area contributed by atoms with Gasteiger partial charge < -0.3 is 10.6 Å². The molecule has 3 heteroatoms. The number of nitrogens with one attached hydrogen (secondary N) is 2. The maximum absolute atomic E-state index is 4.36. The summed E-state index contributed by atoms with van der Waals surface area (Å²) in [6.07, 6.45) is 1.97. The number of pyridine rings is 1. The summed E-state index contributed by atoms with van der Waals surface area (Å²) in [6.45, 7) is 12.7. The molecule has 0 bridgehead atoms. The highest BCUT2D eigenvalue weighted by atomic mass is 14.9. The Morgan fingerprint density at radius 3 is 2.53 bits per heavy atom. The van der Waals surface area contributed by atoms with Crippen LogP contribution in [0.25, 0.3) is 0 Å². The van der Waals surface area contributed by atoms with E-state index in [0.29, 0.717) is 12.0 Å². The lowest BCUT2D eigenvalue weighted by atomic mass is 10.1. The van der Waals surface area contributed by atoms with Crippen molar-refractivity contribution in [3.05, 3.63) is 23.5 Å². The van der Waals surface area contributed by atoms with Gasteiger partial charge in [-0.15, -0.1) is 0 Å². The van der Waals surface area contributed by atoms with Crippen molar-refractivity contribution >= 4 is 5.69 Å². The minimum atomic E-state index is 0.445. The van der Waals surface area contributed by atoms with Crippen LogP contribution in [-0.4, -0.2) is 17.6 Å². The number of hydrogen-bond acceptors (Lipinski definition) is 3. The molecule has 0 radical (unpaired) electrons. The van der Waals surface area contributed by atoms with Gasteiger partial charge in [0, 0.05) is 35.7 Å². The number of rotatable bonds is 6. The van der Waals surface area contributed by atoms with Crippen LogP contribution >= 0.6 is 0 Å². The molecule has 3 nitrogen and oxygen atoms in total. The number of aryl methyl sites for hydroxylation is 1. The van der Waals surface area contributed by atoms with E-state index in [1.165, 1.54) is 11.3 Å². The molecule has 1 rings (SSSR count). The Morgan fingerprint density at radius 1 is 1.24 bits per heavy atom. The van der Waals surface area contributed by atoms with Crippen molar-refractivity contribution in [3.8, 4) is 0 Å². The molecule has 1 heterocycles. The van der Waals surface area contributed by atoms with E-state index >= 15 is 0 Å². The molecule has 1 aromatic heterocycles. The van der Waals surface area contributed by atoms with E-state index < -0.39 is 0 Å². The van der Waals surface area contributed by atoms with E-state index in [9.17, 15) is 0 Å². The smallest absolute Gasteiger partial charge is 0.0421 e. The first-order valence-corrected chi connectivity index (χ1v) is 6.41. The molecule has 17 heavy (non-hydrogen) atoms. The molecule has 96 valence electrons. The minimum absolute atomic E-state index is 0.445. The molecule has 0 saturated carbocycles. The van der Waals surface area contributed by atoms with Crippen LogP contribution in [0.2, 0.25) is 0 Å². The number of hydrogen-bond donors (Lipinski definition) is 2. The fourth-order valence-electron chi connectivity index (χ4n) is 1.67. The Labute approximate surface area is 105 Å². The van der Waals surface area contributed by atoms with Crippen molar-refractivity contribution in [3.63, 3.8) is 0 Å². The van der Waals surface area contributed by atoms with Gasteiger partial charge >= 0.3 is 0 Å². The van der Waals surface area contributed by atoms with E-state index in [4.69, 9.17) is 0 Å². The lowest BCUT2D eigenvalue weighted by Crippen LogP contribution is -2.21. The summed E-state index contributed by atoms with van der Waals surface area (Å²) in [4.78, 5) is 4.36. The van der Waals surface area contributed by atoms with E-state index in [2.05, 4.69) is 49.4 Å². The second kappa shape index (κ2) is 6.60. The monoisotopic (exact) mass is 235 g/mol. The predicted octanol–water partition coefficient (Wildman–Crippen LogP) is 2.96. The van der Waals surface area contributed by atoms with Crippen LogP contribution in [0.3, 0.4) is 0 Å². The highest BCUT2D eigenvalue weighted by Gasteiger charge is 2.05. The molecule has 2 N–H and O–H groups in total. The zero-order chi connectivity index (χ0) is 12.8. The van der Waals surface area contributed by atoms with Crippen molar-refractivity contribution in [1.82, 2.24) is 10.3 Å². The van der Waals surface area contributed by atoms with Gasteiger partial charge in [0.1, 0.15) is 0 Å². The lowest BCUT2D eigenvalue weighted by Gasteiger charge is -2.16. The first-order valence-electron chi connectivity index (χ1n) is 6.41. The summed E-state index contributed by atoms with van der Waals surface area (Å²) in [6, 6.07) is 2.56. The van der Waals surface area contributed by atoms with Crippen LogP contribution in [0.4, 0.5) is 5.69 Å². The Bertz CT molecular complexity index is 345. The van der Waals surface area contributed by atoms with Crippen molar-refractivity contribution in [2.24, 2.45) is 5.92 Å². The van der Waals surface area contributed by atoms with Crippen LogP contribution in [0.5, 0.6) is 0 Å². The van der Waals surface area contributed by atoms with Crippen LogP contribution in [0.15, 0.2) is 12.3 Å². The Kier molecular flexibility index (Phi) is 5.42. The Morgan fingerprint density at radius 2 is 1.94 bits per heavy atom. The summed E-state index contributed by atoms with van der Waals surface area (Å²) in [5.74, 6) is 0.676. The number of anilines is 1. The summed E-state index contributed by atoms with van der Waals surface area (Å²) in [5.41, 5.74) is 3.49. The molecule has 0 aliphatic carbocycles. The molecule has 0 aliphatic heterocycles. The topological polar surface area (TPSA) is 37.0 Å². The van der Waals surface area contributed by atoms with Crippen molar-refractivity contribution in [1.29, 1.82) is 0 Å². The molecule has 0 amide bonds. The average Bonchev–Trinajstić information content (AvgIpc) is 2.20. The highest BCUT2D eigenvalue weighted by Crippen LogP contribution is 2.16. The fourth-order valence-corrected chi connectivity index (χ4v) is 1.67. The third-order valence-electron chi connectivity index (χ3n) is 2.44. The average molecular weight is 235 g/mol. The van der Waals surface area contributed by atoms with E-state index in [0.717, 1.165) is 18.8 Å². The van der Waals surface area contributed by atoms with E-state index in [1.807, 2.05) is 13.1 Å². The Balaban J connectivity index is 2.68. The first-order chi connectivity index (χ1) is 7.99. The van der Waals surface area contributed by atoms with Crippen molar-refractivity contribution in [2.45, 2.75) is 47.2 Å². The van der Waals surface area contributed by atoms with E-state index in [-0.39, 0.29) is 0 Å². The molecule has 0 fully saturated rings. The van der Waals surface area contributed by atoms with Gasteiger partial charge in [0.05, 0.1) is 0 Å². The fraction of sp³-hybridized carbons (Fsp3) is 0.643. The highest BCUT2D eigenvalue weighted by molar-refractivity contribution is 5.51. The molecule has 0 aromatic carbocycles. The van der Waals surface area contributed by atoms with E-state index in [1.54, 1.807) is 0 Å². The van der Waals surface area contributed by atoms with Gasteiger partial charge in [-0.2, -0.15) is 0 Å². The van der Waals surface area contributed by atoms with Crippen LogP contribution in [-0.2, 0) is 6.54 Å². The third-order valence-corrected chi connectivity index (χ3v) is 2.44. The first kappa shape index (κ1) is 14.0. The number of aromatic nitrogens is 1. The normalized spacial score (nSPS) is 11.2. The van der Waals surface area contributed by atoms with Crippen LogP contribution in [0.1, 0.15) is 39.0 Å². The minimum Gasteiger partial charge on any atom is -0.383 e. The summed E-state index contributed by atoms with van der Waals surface area (Å²) < 4.78 is 0. The molecular weight excluding hydrogens is 210 g/mol. The van der Waals surface area contributed by atoms with Crippen LogP contribution in [0, 0.1) is 12.8 Å². The molecule has 0 unspecified atom stereocenters. The second-order valence-electron chi connectivity index (χ2n) is 5.31. The third kappa shape index (κ3) is 5.18. The zero-order valence-electron chi connectivity index (χ0n) is 11.7. The molecular formula is C14H25N3. The maximum Gasteiger partial charge on any atom is 0.0421 e. The largest absolute Gasteiger partial charge is 0.383 e. The second-order valence-corrected chi connectivity index (χ2v) is 5.31. The van der Waals surface area contributed by atoms with Gasteiger partial charge in [-0.05, 0) is 39.3 Å². The van der Waals surface area contributed by atoms with Gasteiger partial charge in [-0.1, -0.05) is 13.8 Å². The molecule has 0 aliphatic rings. The van der Waals surface area contributed by atoms with Gasteiger partial charge in [-0.3, -0.25) is 4.98 Å². The predicted molar refractivity (Wildman–Crippen MR) is 74.3 cm³/mol. The quantitative estimate of drug-likeness (QED) is 0.796. The lowest BCUT2D eigenvalue weighted by molar-refractivity contribution is 0.552. The maximum atomic E-state index is 4.36. The molecule has 0 atom stereocenters. The summed E-state index contributed by atoms with van der Waals surface area (Å²) >= 11 is 0. The van der Waals surface area contributed by atoms with Crippen molar-refractivity contribution < 1.29 is 0 Å². The SMILES string of the molecule is Cc1cc(NC(C)C)c(CNCC(C)C)cn1. The molecule has 0 saturated heterocycles. The summed E-state index contributed by atoms with van der Waals surface area (Å²) in [5, 5.41) is 6.93. The summed E-state index contributed by atoms with van der Waals surface area (Å²) in [7, 11) is 0. The Hall–Kier alpha value is -1.09. The van der Waals surface area contributed by atoms with Gasteiger partial charge in [-0.25, -0.2) is 0 Å². The van der Waals surface area contributed by atoms with Gasteiger partial charge in [0.2, 0.25) is 0 Å². The standard InChI is InChI=1S/C14H25N3/c1-10(2)7-15-8-13-9-16-12(5)6-14(13)17-11(3)4/h6,9-11,15H,7-8H2,1-5H3,(H,16,17). The number of nitrogens with zero attached hydrogens (tertiary/aromatic N) is 1. The molecule has 1 aromatic rings. The van der Waals surface area contributed by atoms with Gasteiger partial charge in [0.15, 0.2) is 0 Å². The van der Waals surface area contributed by atoms with Gasteiger partial charge in [0.25, 0.3) is 0 Å². The zero-order valence-corrected chi connectivity index (χ0v) is 11.7.